The highest BCUT2D eigenvalue weighted by atomic mass is 16.2. The van der Waals surface area contributed by atoms with Crippen LogP contribution < -0.4 is 10.2 Å². The first-order valence-electron chi connectivity index (χ1n) is 9.01. The average molecular weight is 355 g/mol. The Morgan fingerprint density at radius 2 is 2.04 bits per heavy atom. The maximum Gasteiger partial charge on any atom is 0.289 e. The molecule has 138 valence electrons. The summed E-state index contributed by atoms with van der Waals surface area (Å²) in [4.78, 5) is 32.7. The van der Waals surface area contributed by atoms with Gasteiger partial charge in [0, 0.05) is 51.7 Å². The summed E-state index contributed by atoms with van der Waals surface area (Å²) < 4.78 is 1.77. The molecule has 26 heavy (non-hydrogen) atoms. The van der Waals surface area contributed by atoms with Gasteiger partial charge in [-0.2, -0.15) is 0 Å². The highest BCUT2D eigenvalue weighted by Gasteiger charge is 2.27. The van der Waals surface area contributed by atoms with Crippen molar-refractivity contribution in [2.45, 2.75) is 19.9 Å². The highest BCUT2D eigenvalue weighted by Crippen LogP contribution is 2.13. The van der Waals surface area contributed by atoms with Crippen LogP contribution in [-0.2, 0) is 6.54 Å². The lowest BCUT2D eigenvalue weighted by molar-refractivity contribution is 0.0707. The third-order valence-electron chi connectivity index (χ3n) is 4.63. The fourth-order valence-corrected chi connectivity index (χ4v) is 3.06. The predicted molar refractivity (Wildman–Crippen MR) is 100 cm³/mol. The Labute approximate surface area is 153 Å². The maximum absolute atomic E-state index is 12.3. The molecule has 0 aliphatic carbocycles. The highest BCUT2D eigenvalue weighted by molar-refractivity contribution is 5.96. The van der Waals surface area contributed by atoms with E-state index < -0.39 is 0 Å². The summed E-state index contributed by atoms with van der Waals surface area (Å²) in [5.74, 6) is 0.0134. The molecule has 2 aromatic rings. The minimum atomic E-state index is -0.231. The van der Waals surface area contributed by atoms with Crippen LogP contribution in [0.3, 0.4) is 0 Å². The van der Waals surface area contributed by atoms with Crippen molar-refractivity contribution in [3.8, 4) is 0 Å². The molecule has 2 heterocycles. The van der Waals surface area contributed by atoms with Crippen molar-refractivity contribution in [2.24, 2.45) is 0 Å². The number of aromatic nitrogens is 2. The number of nitrogens with zero attached hydrogens (tertiary/aromatic N) is 4. The van der Waals surface area contributed by atoms with Crippen LogP contribution in [0.15, 0.2) is 36.5 Å². The van der Waals surface area contributed by atoms with Gasteiger partial charge in [0.1, 0.15) is 5.69 Å². The molecule has 0 atom stereocenters. The smallest absolute Gasteiger partial charge is 0.289 e. The van der Waals surface area contributed by atoms with Crippen LogP contribution in [0.1, 0.15) is 34.5 Å². The van der Waals surface area contributed by atoms with Crippen LogP contribution in [0.4, 0.5) is 5.69 Å². The summed E-state index contributed by atoms with van der Waals surface area (Å²) in [6.07, 6.45) is 2.50. The monoisotopic (exact) mass is 355 g/mol. The zero-order valence-electron chi connectivity index (χ0n) is 15.3. The van der Waals surface area contributed by atoms with Crippen molar-refractivity contribution >= 4 is 17.5 Å². The number of carbonyl (C=O) groups excluding carboxylic acids is 2. The quantitative estimate of drug-likeness (QED) is 0.766. The van der Waals surface area contributed by atoms with Gasteiger partial charge >= 0.3 is 0 Å². The molecular formula is C19H25N5O2. The van der Waals surface area contributed by atoms with Crippen molar-refractivity contribution in [1.82, 2.24) is 19.8 Å². The number of hydrogen-bond donors (Lipinski definition) is 1. The minimum Gasteiger partial charge on any atom is -0.375 e. The molecule has 0 spiro atoms. The van der Waals surface area contributed by atoms with Crippen LogP contribution in [0.25, 0.3) is 0 Å². The Kier molecular flexibility index (Phi) is 5.55. The molecule has 1 aliphatic heterocycles. The van der Waals surface area contributed by atoms with Gasteiger partial charge in [-0.15, -0.1) is 0 Å². The normalized spacial score (nSPS) is 13.5. The van der Waals surface area contributed by atoms with E-state index in [4.69, 9.17) is 0 Å². The Morgan fingerprint density at radius 3 is 2.77 bits per heavy atom. The van der Waals surface area contributed by atoms with Gasteiger partial charge in [0.05, 0.1) is 0 Å². The molecule has 0 unspecified atom stereocenters. The second-order valence-electron chi connectivity index (χ2n) is 6.39. The number of para-hydroxylation sites is 1. The van der Waals surface area contributed by atoms with Gasteiger partial charge in [-0.05, 0) is 25.5 Å². The number of amides is 2. The summed E-state index contributed by atoms with van der Waals surface area (Å²) in [7, 11) is 2.03. The molecule has 3 rings (SSSR count). The van der Waals surface area contributed by atoms with Gasteiger partial charge < -0.3 is 19.7 Å². The average Bonchev–Trinajstić information content (AvgIpc) is 3.11. The van der Waals surface area contributed by atoms with Crippen LogP contribution >= 0.6 is 0 Å². The number of likely N-dealkylation sites (N-methyl/N-ethyl adjacent to an activating group) is 1. The molecular weight excluding hydrogens is 330 g/mol. The van der Waals surface area contributed by atoms with E-state index in [0.717, 1.165) is 18.7 Å². The lowest BCUT2D eigenvalue weighted by Gasteiger charge is -2.25. The first kappa shape index (κ1) is 18.0. The number of nitrogens with one attached hydrogen (secondary N) is 1. The summed E-state index contributed by atoms with van der Waals surface area (Å²) >= 11 is 0. The Balaban J connectivity index is 1.49. The maximum atomic E-state index is 12.3. The summed E-state index contributed by atoms with van der Waals surface area (Å²) in [6, 6.07) is 10.1. The number of hydrogen-bond acceptors (Lipinski definition) is 4. The van der Waals surface area contributed by atoms with E-state index in [1.165, 1.54) is 0 Å². The lowest BCUT2D eigenvalue weighted by atomic mass is 10.3. The van der Waals surface area contributed by atoms with Crippen molar-refractivity contribution in [3.05, 3.63) is 48.0 Å². The lowest BCUT2D eigenvalue weighted by Crippen LogP contribution is -2.40. The van der Waals surface area contributed by atoms with E-state index in [0.29, 0.717) is 37.7 Å². The topological polar surface area (TPSA) is 70.5 Å². The third-order valence-corrected chi connectivity index (χ3v) is 4.63. The molecule has 0 radical (unpaired) electrons. The van der Waals surface area contributed by atoms with Crippen molar-refractivity contribution < 1.29 is 9.59 Å². The number of benzene rings is 1. The summed E-state index contributed by atoms with van der Waals surface area (Å²) in [5.41, 5.74) is 1.46. The van der Waals surface area contributed by atoms with E-state index in [9.17, 15) is 9.59 Å². The summed E-state index contributed by atoms with van der Waals surface area (Å²) in [6.45, 7) is 5.34. The number of imidazole rings is 1. The minimum absolute atomic E-state index is 0.109. The fraction of sp³-hybridized carbons (Fsp3) is 0.421. The largest absolute Gasteiger partial charge is 0.375 e. The van der Waals surface area contributed by atoms with E-state index in [1.54, 1.807) is 15.7 Å². The number of rotatable bonds is 7. The van der Waals surface area contributed by atoms with Crippen LogP contribution in [-0.4, -0.2) is 59.5 Å². The molecule has 1 N–H and O–H groups in total. The standard InChI is InChI=1S/C19H25N5O2/c1-3-23-12-13-24-14-16(21-17(24)19(23)26)18(25)20-10-7-11-22(2)15-8-5-4-6-9-15/h4-6,8-9,14H,3,7,10-13H2,1-2H3,(H,20,25). The number of anilines is 1. The van der Waals surface area contributed by atoms with Gasteiger partial charge in [-0.25, -0.2) is 4.98 Å². The van der Waals surface area contributed by atoms with Crippen LogP contribution in [0, 0.1) is 0 Å². The molecule has 0 saturated carbocycles. The van der Waals surface area contributed by atoms with Crippen molar-refractivity contribution in [3.63, 3.8) is 0 Å². The van der Waals surface area contributed by atoms with Gasteiger partial charge in [-0.1, -0.05) is 18.2 Å². The van der Waals surface area contributed by atoms with E-state index in [-0.39, 0.29) is 11.8 Å². The van der Waals surface area contributed by atoms with E-state index in [2.05, 4.69) is 27.3 Å². The summed E-state index contributed by atoms with van der Waals surface area (Å²) in [5, 5.41) is 2.89. The van der Waals surface area contributed by atoms with Crippen molar-refractivity contribution in [2.75, 3.05) is 38.1 Å². The Hall–Kier alpha value is -2.83. The van der Waals surface area contributed by atoms with E-state index >= 15 is 0 Å². The van der Waals surface area contributed by atoms with Gasteiger partial charge in [0.15, 0.2) is 5.82 Å². The molecule has 0 bridgehead atoms. The molecule has 1 aromatic heterocycles. The third kappa shape index (κ3) is 3.87. The predicted octanol–water partition coefficient (Wildman–Crippen LogP) is 1.62. The molecule has 1 aliphatic rings. The number of carbonyl (C=O) groups is 2. The van der Waals surface area contributed by atoms with Crippen LogP contribution in [0.2, 0.25) is 0 Å². The fourth-order valence-electron chi connectivity index (χ4n) is 3.06. The SMILES string of the molecule is CCN1CCn2cc(C(=O)NCCCN(C)c3ccccc3)nc2C1=O. The van der Waals surface area contributed by atoms with Gasteiger partial charge in [0.2, 0.25) is 0 Å². The molecule has 0 saturated heterocycles. The second kappa shape index (κ2) is 8.03. The molecule has 7 heteroatoms. The first-order valence-corrected chi connectivity index (χ1v) is 9.01. The Morgan fingerprint density at radius 1 is 1.27 bits per heavy atom. The zero-order valence-corrected chi connectivity index (χ0v) is 15.3. The Bertz CT molecular complexity index is 771. The van der Waals surface area contributed by atoms with Gasteiger partial charge in [0.25, 0.3) is 11.8 Å². The first-order chi connectivity index (χ1) is 12.6. The molecule has 7 nitrogen and oxygen atoms in total. The second-order valence-corrected chi connectivity index (χ2v) is 6.39. The molecule has 2 amide bonds. The molecule has 1 aromatic carbocycles. The van der Waals surface area contributed by atoms with Crippen LogP contribution in [0.5, 0.6) is 0 Å². The van der Waals surface area contributed by atoms with E-state index in [1.807, 2.05) is 32.2 Å². The zero-order chi connectivity index (χ0) is 18.5. The van der Waals surface area contributed by atoms with Crippen molar-refractivity contribution in [1.29, 1.82) is 0 Å². The van der Waals surface area contributed by atoms with Gasteiger partial charge in [-0.3, -0.25) is 9.59 Å². The number of fused-ring (bicyclic) bond motifs is 1. The molecule has 0 fully saturated rings.